The third-order valence-corrected chi connectivity index (χ3v) is 2.30. The van der Waals surface area contributed by atoms with E-state index < -0.39 is 0 Å². The maximum atomic E-state index is 4.12. The molecule has 1 heterocycles. The summed E-state index contributed by atoms with van der Waals surface area (Å²) in [6, 6.07) is 0. The van der Waals surface area contributed by atoms with Gasteiger partial charge in [0, 0.05) is 6.54 Å². The van der Waals surface area contributed by atoms with Crippen molar-refractivity contribution in [1.82, 2.24) is 10.2 Å². The second-order valence-electron chi connectivity index (χ2n) is 3.31. The molecule has 0 unspecified atom stereocenters. The van der Waals surface area contributed by atoms with Gasteiger partial charge in [0.1, 0.15) is 0 Å². The van der Waals surface area contributed by atoms with Crippen molar-refractivity contribution in [3.05, 3.63) is 16.8 Å². The normalized spacial score (nSPS) is 10.2. The fourth-order valence-corrected chi connectivity index (χ4v) is 1.14. The number of rotatable bonds is 3. The molecule has 0 aliphatic heterocycles. The topological polar surface area (TPSA) is 37.8 Å². The average Bonchev–Trinajstić information content (AvgIpc) is 2.13. The van der Waals surface area contributed by atoms with Crippen LogP contribution < -0.4 is 5.32 Å². The third-order valence-electron chi connectivity index (χ3n) is 2.30. The number of aromatic nitrogens is 2. The van der Waals surface area contributed by atoms with Crippen molar-refractivity contribution >= 4 is 5.82 Å². The van der Waals surface area contributed by atoms with Crippen molar-refractivity contribution in [1.29, 1.82) is 0 Å². The van der Waals surface area contributed by atoms with Crippen molar-refractivity contribution < 1.29 is 0 Å². The highest BCUT2D eigenvalue weighted by molar-refractivity contribution is 5.47. The Bertz CT molecular complexity index is 294. The molecule has 0 saturated heterocycles. The van der Waals surface area contributed by atoms with E-state index in [0.29, 0.717) is 0 Å². The number of hydrogen-bond donors (Lipinski definition) is 1. The van der Waals surface area contributed by atoms with Gasteiger partial charge in [-0.1, -0.05) is 6.92 Å². The summed E-state index contributed by atoms with van der Waals surface area (Å²) in [5.41, 5.74) is 3.45. The van der Waals surface area contributed by atoms with Gasteiger partial charge < -0.3 is 5.32 Å². The SMILES string of the molecule is CCCNc1nnc(C)c(C)c1C. The monoisotopic (exact) mass is 179 g/mol. The molecule has 1 aromatic heterocycles. The Morgan fingerprint density at radius 1 is 1.08 bits per heavy atom. The lowest BCUT2D eigenvalue weighted by atomic mass is 10.1. The molecule has 0 spiro atoms. The van der Waals surface area contributed by atoms with E-state index in [-0.39, 0.29) is 0 Å². The molecule has 0 radical (unpaired) electrons. The molecule has 0 aliphatic carbocycles. The molecular formula is C10H17N3. The van der Waals surface area contributed by atoms with E-state index in [2.05, 4.69) is 36.3 Å². The Kier molecular flexibility index (Phi) is 3.23. The maximum absolute atomic E-state index is 4.12. The Hall–Kier alpha value is -1.12. The van der Waals surface area contributed by atoms with Gasteiger partial charge in [-0.25, -0.2) is 0 Å². The smallest absolute Gasteiger partial charge is 0.151 e. The molecular weight excluding hydrogens is 162 g/mol. The van der Waals surface area contributed by atoms with E-state index in [4.69, 9.17) is 0 Å². The molecule has 3 heteroatoms. The predicted octanol–water partition coefficient (Wildman–Crippen LogP) is 2.22. The molecule has 1 N–H and O–H groups in total. The highest BCUT2D eigenvalue weighted by atomic mass is 15.2. The van der Waals surface area contributed by atoms with Crippen molar-refractivity contribution in [2.24, 2.45) is 0 Å². The zero-order chi connectivity index (χ0) is 9.84. The summed E-state index contributed by atoms with van der Waals surface area (Å²) in [6.07, 6.45) is 1.11. The van der Waals surface area contributed by atoms with Crippen LogP contribution in [0.15, 0.2) is 0 Å². The van der Waals surface area contributed by atoms with Crippen LogP contribution in [-0.4, -0.2) is 16.7 Å². The molecule has 0 aromatic carbocycles. The lowest BCUT2D eigenvalue weighted by Gasteiger charge is -2.09. The van der Waals surface area contributed by atoms with Gasteiger partial charge in [0.25, 0.3) is 0 Å². The van der Waals surface area contributed by atoms with Crippen LogP contribution in [0.3, 0.4) is 0 Å². The molecule has 0 aliphatic rings. The summed E-state index contributed by atoms with van der Waals surface area (Å²) < 4.78 is 0. The van der Waals surface area contributed by atoms with Gasteiger partial charge in [0.15, 0.2) is 5.82 Å². The van der Waals surface area contributed by atoms with E-state index in [1.54, 1.807) is 0 Å². The van der Waals surface area contributed by atoms with E-state index >= 15 is 0 Å². The van der Waals surface area contributed by atoms with E-state index in [9.17, 15) is 0 Å². The molecule has 0 atom stereocenters. The van der Waals surface area contributed by atoms with Crippen LogP contribution >= 0.6 is 0 Å². The Morgan fingerprint density at radius 2 is 1.77 bits per heavy atom. The molecule has 1 rings (SSSR count). The summed E-state index contributed by atoms with van der Waals surface area (Å²) in [6.45, 7) is 9.24. The van der Waals surface area contributed by atoms with E-state index in [0.717, 1.165) is 24.5 Å². The van der Waals surface area contributed by atoms with Crippen LogP contribution in [0.1, 0.15) is 30.2 Å². The van der Waals surface area contributed by atoms with Gasteiger partial charge in [0.05, 0.1) is 5.69 Å². The van der Waals surface area contributed by atoms with E-state index in [1.807, 2.05) is 6.92 Å². The van der Waals surface area contributed by atoms with Crippen molar-refractivity contribution in [3.8, 4) is 0 Å². The van der Waals surface area contributed by atoms with Gasteiger partial charge in [-0.15, -0.1) is 5.10 Å². The first-order valence-corrected chi connectivity index (χ1v) is 4.71. The largest absolute Gasteiger partial charge is 0.368 e. The van der Waals surface area contributed by atoms with Crippen LogP contribution in [0.2, 0.25) is 0 Å². The molecule has 0 bridgehead atoms. The van der Waals surface area contributed by atoms with Gasteiger partial charge >= 0.3 is 0 Å². The summed E-state index contributed by atoms with van der Waals surface area (Å²) >= 11 is 0. The zero-order valence-corrected chi connectivity index (χ0v) is 8.81. The standard InChI is InChI=1S/C10H17N3/c1-5-6-11-10-8(3)7(2)9(4)12-13-10/h5-6H2,1-4H3,(H,11,13). The number of nitrogens with one attached hydrogen (secondary N) is 1. The van der Waals surface area contributed by atoms with Gasteiger partial charge in [0.2, 0.25) is 0 Å². The van der Waals surface area contributed by atoms with Crippen LogP contribution in [0, 0.1) is 20.8 Å². The van der Waals surface area contributed by atoms with Gasteiger partial charge in [-0.3, -0.25) is 0 Å². The van der Waals surface area contributed by atoms with Crippen molar-refractivity contribution in [3.63, 3.8) is 0 Å². The maximum Gasteiger partial charge on any atom is 0.151 e. The number of nitrogens with zero attached hydrogens (tertiary/aromatic N) is 2. The quantitative estimate of drug-likeness (QED) is 0.773. The number of aryl methyl sites for hydroxylation is 1. The molecule has 13 heavy (non-hydrogen) atoms. The number of anilines is 1. The fourth-order valence-electron chi connectivity index (χ4n) is 1.14. The molecule has 1 aromatic rings. The van der Waals surface area contributed by atoms with Crippen LogP contribution in [0.4, 0.5) is 5.82 Å². The predicted molar refractivity (Wildman–Crippen MR) is 55.0 cm³/mol. The van der Waals surface area contributed by atoms with Crippen molar-refractivity contribution in [2.75, 3.05) is 11.9 Å². The molecule has 3 nitrogen and oxygen atoms in total. The highest BCUT2D eigenvalue weighted by Crippen LogP contribution is 2.16. The van der Waals surface area contributed by atoms with Crippen LogP contribution in [0.25, 0.3) is 0 Å². The van der Waals surface area contributed by atoms with Crippen molar-refractivity contribution in [2.45, 2.75) is 34.1 Å². The first-order valence-electron chi connectivity index (χ1n) is 4.71. The second-order valence-corrected chi connectivity index (χ2v) is 3.31. The molecule has 0 saturated carbocycles. The summed E-state index contributed by atoms with van der Waals surface area (Å²) in [5, 5.41) is 11.5. The van der Waals surface area contributed by atoms with Crippen LogP contribution in [0.5, 0.6) is 0 Å². The van der Waals surface area contributed by atoms with Crippen LogP contribution in [-0.2, 0) is 0 Å². The Labute approximate surface area is 79.6 Å². The molecule has 72 valence electrons. The fraction of sp³-hybridized carbons (Fsp3) is 0.600. The molecule has 0 fully saturated rings. The second kappa shape index (κ2) is 4.21. The van der Waals surface area contributed by atoms with Gasteiger partial charge in [-0.2, -0.15) is 5.10 Å². The lowest BCUT2D eigenvalue weighted by molar-refractivity contribution is 0.909. The highest BCUT2D eigenvalue weighted by Gasteiger charge is 2.04. The first-order chi connectivity index (χ1) is 6.16. The Morgan fingerprint density at radius 3 is 2.38 bits per heavy atom. The lowest BCUT2D eigenvalue weighted by Crippen LogP contribution is -2.07. The summed E-state index contributed by atoms with van der Waals surface area (Å²) in [4.78, 5) is 0. The van der Waals surface area contributed by atoms with Gasteiger partial charge in [-0.05, 0) is 38.3 Å². The average molecular weight is 179 g/mol. The minimum Gasteiger partial charge on any atom is -0.368 e. The van der Waals surface area contributed by atoms with E-state index in [1.165, 1.54) is 11.1 Å². The summed E-state index contributed by atoms with van der Waals surface area (Å²) in [7, 11) is 0. The molecule has 0 amide bonds. The first kappa shape index (κ1) is 9.96. The minimum atomic E-state index is 0.921. The Balaban J connectivity index is 2.90. The number of hydrogen-bond acceptors (Lipinski definition) is 3. The minimum absolute atomic E-state index is 0.921. The summed E-state index contributed by atoms with van der Waals surface area (Å²) in [5.74, 6) is 0.921. The zero-order valence-electron chi connectivity index (χ0n) is 8.81. The third kappa shape index (κ3) is 2.17.